The van der Waals surface area contributed by atoms with E-state index in [1.807, 2.05) is 0 Å². The molecule has 7 heteroatoms. The van der Waals surface area contributed by atoms with E-state index in [9.17, 15) is 13.2 Å². The Kier molecular flexibility index (Phi) is 4.28. The van der Waals surface area contributed by atoms with E-state index in [-0.39, 0.29) is 5.91 Å². The summed E-state index contributed by atoms with van der Waals surface area (Å²) in [6.07, 6.45) is 0. The van der Waals surface area contributed by atoms with Gasteiger partial charge in [-0.05, 0) is 6.92 Å². The number of hydrogen-bond donors (Lipinski definition) is 1. The van der Waals surface area contributed by atoms with E-state index < -0.39 is 15.3 Å². The Balaban J connectivity index is 2.80. The van der Waals surface area contributed by atoms with Gasteiger partial charge in [-0.3, -0.25) is 4.79 Å². The maximum atomic E-state index is 12.1. The predicted molar refractivity (Wildman–Crippen MR) is 61.5 cm³/mol. The van der Waals surface area contributed by atoms with Crippen molar-refractivity contribution in [1.82, 2.24) is 14.5 Å². The number of sulfonamides is 1. The van der Waals surface area contributed by atoms with Gasteiger partial charge in [-0.1, -0.05) is 0 Å². The highest BCUT2D eigenvalue weighted by Crippen LogP contribution is 2.11. The van der Waals surface area contributed by atoms with Crippen LogP contribution in [0.5, 0.6) is 0 Å². The van der Waals surface area contributed by atoms with Crippen molar-refractivity contribution in [2.24, 2.45) is 0 Å². The van der Waals surface area contributed by atoms with Gasteiger partial charge >= 0.3 is 0 Å². The second kappa shape index (κ2) is 5.11. The Morgan fingerprint density at radius 3 is 2.25 bits per heavy atom. The normalized spacial score (nSPS) is 20.4. The third kappa shape index (κ3) is 2.72. The molecule has 0 bridgehead atoms. The van der Waals surface area contributed by atoms with E-state index in [0.29, 0.717) is 26.2 Å². The quantitative estimate of drug-likeness (QED) is 0.675. The third-order valence-electron chi connectivity index (χ3n) is 2.67. The minimum Gasteiger partial charge on any atom is -0.348 e. The topological polar surface area (TPSA) is 69.7 Å². The molecule has 1 atom stereocenters. The maximum absolute atomic E-state index is 12.1. The summed E-state index contributed by atoms with van der Waals surface area (Å²) in [7, 11) is -0.381. The lowest BCUT2D eigenvalue weighted by molar-refractivity contribution is -0.128. The lowest BCUT2D eigenvalue weighted by atomic mass is 10.4. The van der Waals surface area contributed by atoms with Crippen LogP contribution in [0, 0.1) is 0 Å². The van der Waals surface area contributed by atoms with Crippen LogP contribution in [0.25, 0.3) is 0 Å². The average molecular weight is 249 g/mol. The summed E-state index contributed by atoms with van der Waals surface area (Å²) in [4.78, 5) is 12.9. The van der Waals surface area contributed by atoms with Gasteiger partial charge in [-0.15, -0.1) is 0 Å². The Morgan fingerprint density at radius 1 is 1.31 bits per heavy atom. The highest BCUT2D eigenvalue weighted by Gasteiger charge is 2.35. The molecule has 1 unspecified atom stereocenters. The minimum atomic E-state index is -3.50. The fourth-order valence-corrected chi connectivity index (χ4v) is 3.22. The average Bonchev–Trinajstić information content (AvgIpc) is 2.28. The summed E-state index contributed by atoms with van der Waals surface area (Å²) in [5, 5.41) is 2.08. The van der Waals surface area contributed by atoms with Gasteiger partial charge in [-0.25, -0.2) is 8.42 Å². The molecule has 94 valence electrons. The largest absolute Gasteiger partial charge is 0.348 e. The number of rotatable bonds is 3. The van der Waals surface area contributed by atoms with Gasteiger partial charge in [0.25, 0.3) is 0 Å². The molecule has 0 aromatic heterocycles. The summed E-state index contributed by atoms with van der Waals surface area (Å²) in [5.74, 6) is -0.376. The SMILES string of the molecule is CC(C(=O)N(C)C)S(=O)(=O)N1CCNCC1. The Hall–Kier alpha value is -0.660. The fourth-order valence-electron chi connectivity index (χ4n) is 1.61. The first kappa shape index (κ1) is 13.4. The van der Waals surface area contributed by atoms with Crippen molar-refractivity contribution in [3.8, 4) is 0 Å². The maximum Gasteiger partial charge on any atom is 0.241 e. The predicted octanol–water partition coefficient (Wildman–Crippen LogP) is -1.30. The Labute approximate surface area is 96.6 Å². The van der Waals surface area contributed by atoms with Crippen LogP contribution in [0.1, 0.15) is 6.92 Å². The van der Waals surface area contributed by atoms with E-state index in [0.717, 1.165) is 0 Å². The van der Waals surface area contributed by atoms with Crippen LogP contribution in [0.2, 0.25) is 0 Å². The molecule has 1 aliphatic rings. The van der Waals surface area contributed by atoms with Gasteiger partial charge in [0, 0.05) is 40.3 Å². The van der Waals surface area contributed by atoms with Crippen molar-refractivity contribution in [1.29, 1.82) is 0 Å². The van der Waals surface area contributed by atoms with Gasteiger partial charge in [0.15, 0.2) is 5.25 Å². The van der Waals surface area contributed by atoms with Crippen molar-refractivity contribution >= 4 is 15.9 Å². The minimum absolute atomic E-state index is 0.376. The van der Waals surface area contributed by atoms with Crippen LogP contribution in [0.3, 0.4) is 0 Å². The molecule has 0 spiro atoms. The first-order chi connectivity index (χ1) is 7.37. The van der Waals surface area contributed by atoms with Crippen LogP contribution in [-0.4, -0.2) is 69.1 Å². The molecule has 1 saturated heterocycles. The molecule has 1 fully saturated rings. The molecular formula is C9H19N3O3S. The second-order valence-corrected chi connectivity index (χ2v) is 6.32. The molecule has 16 heavy (non-hydrogen) atoms. The highest BCUT2D eigenvalue weighted by atomic mass is 32.2. The molecule has 1 rings (SSSR count). The van der Waals surface area contributed by atoms with E-state index in [2.05, 4.69) is 5.32 Å². The van der Waals surface area contributed by atoms with E-state index >= 15 is 0 Å². The summed E-state index contributed by atoms with van der Waals surface area (Å²) in [6.45, 7) is 3.60. The van der Waals surface area contributed by atoms with Crippen molar-refractivity contribution < 1.29 is 13.2 Å². The number of hydrogen-bond acceptors (Lipinski definition) is 4. The molecule has 0 saturated carbocycles. The monoisotopic (exact) mass is 249 g/mol. The number of amides is 1. The highest BCUT2D eigenvalue weighted by molar-refractivity contribution is 7.90. The number of piperazine rings is 1. The van der Waals surface area contributed by atoms with Gasteiger partial charge < -0.3 is 10.2 Å². The zero-order valence-electron chi connectivity index (χ0n) is 9.93. The fraction of sp³-hybridized carbons (Fsp3) is 0.889. The van der Waals surface area contributed by atoms with Crippen molar-refractivity contribution in [2.75, 3.05) is 40.3 Å². The molecule has 0 aromatic carbocycles. The van der Waals surface area contributed by atoms with Crippen LogP contribution in [0.4, 0.5) is 0 Å². The van der Waals surface area contributed by atoms with E-state index in [1.54, 1.807) is 14.1 Å². The smallest absolute Gasteiger partial charge is 0.241 e. The van der Waals surface area contributed by atoms with Crippen LogP contribution >= 0.6 is 0 Å². The standard InChI is InChI=1S/C9H19N3O3S/c1-8(9(13)11(2)3)16(14,15)12-6-4-10-5-7-12/h8,10H,4-7H2,1-3H3. The summed E-state index contributed by atoms with van der Waals surface area (Å²) in [5.41, 5.74) is 0. The first-order valence-corrected chi connectivity index (χ1v) is 6.78. The number of carbonyl (C=O) groups is 1. The first-order valence-electron chi connectivity index (χ1n) is 5.28. The zero-order chi connectivity index (χ0) is 12.3. The van der Waals surface area contributed by atoms with Crippen LogP contribution in [-0.2, 0) is 14.8 Å². The van der Waals surface area contributed by atoms with E-state index in [1.165, 1.54) is 16.1 Å². The summed E-state index contributed by atoms with van der Waals surface area (Å²) < 4.78 is 25.5. The third-order valence-corrected chi connectivity index (χ3v) is 4.85. The van der Waals surface area contributed by atoms with E-state index in [4.69, 9.17) is 0 Å². The lowest BCUT2D eigenvalue weighted by Gasteiger charge is -2.29. The Bertz CT molecular complexity index is 347. The molecule has 0 aliphatic carbocycles. The van der Waals surface area contributed by atoms with Crippen LogP contribution in [0.15, 0.2) is 0 Å². The zero-order valence-corrected chi connectivity index (χ0v) is 10.7. The van der Waals surface area contributed by atoms with Crippen molar-refractivity contribution in [3.63, 3.8) is 0 Å². The molecule has 1 aliphatic heterocycles. The molecule has 6 nitrogen and oxygen atoms in total. The Morgan fingerprint density at radius 2 is 1.81 bits per heavy atom. The summed E-state index contributed by atoms with van der Waals surface area (Å²) >= 11 is 0. The van der Waals surface area contributed by atoms with Gasteiger partial charge in [0.05, 0.1) is 0 Å². The van der Waals surface area contributed by atoms with Crippen LogP contribution < -0.4 is 5.32 Å². The molecule has 1 N–H and O–H groups in total. The van der Waals surface area contributed by atoms with Gasteiger partial charge in [-0.2, -0.15) is 4.31 Å². The number of carbonyl (C=O) groups excluding carboxylic acids is 1. The molecule has 1 amide bonds. The number of nitrogens with zero attached hydrogens (tertiary/aromatic N) is 2. The second-order valence-electron chi connectivity index (χ2n) is 4.07. The number of nitrogens with one attached hydrogen (secondary N) is 1. The molecule has 0 aromatic rings. The molecule has 0 radical (unpaired) electrons. The van der Waals surface area contributed by atoms with Gasteiger partial charge in [0.2, 0.25) is 15.9 Å². The van der Waals surface area contributed by atoms with Gasteiger partial charge in [0.1, 0.15) is 0 Å². The summed E-state index contributed by atoms with van der Waals surface area (Å²) in [6, 6.07) is 0. The lowest BCUT2D eigenvalue weighted by Crippen LogP contribution is -2.51. The van der Waals surface area contributed by atoms with Crippen molar-refractivity contribution in [2.45, 2.75) is 12.2 Å². The van der Waals surface area contributed by atoms with Crippen molar-refractivity contribution in [3.05, 3.63) is 0 Å². The molecular weight excluding hydrogens is 230 g/mol. The molecule has 1 heterocycles.